The second kappa shape index (κ2) is 6.75. The first-order valence-corrected chi connectivity index (χ1v) is 5.36. The number of rotatable bonds is 6. The van der Waals surface area contributed by atoms with Crippen LogP contribution in [0.3, 0.4) is 0 Å². The monoisotopic (exact) mass is 238 g/mol. The Morgan fingerprint density at radius 1 is 1.41 bits per heavy atom. The fourth-order valence-corrected chi connectivity index (χ4v) is 1.35. The molecule has 94 valence electrons. The molecule has 0 aliphatic carbocycles. The first-order chi connectivity index (χ1) is 8.15. The molecule has 0 aliphatic rings. The van der Waals surface area contributed by atoms with Gasteiger partial charge in [0.25, 0.3) is 0 Å². The lowest BCUT2D eigenvalue weighted by Crippen LogP contribution is -2.20. The van der Waals surface area contributed by atoms with Gasteiger partial charge in [0.1, 0.15) is 11.6 Å². The number of hydrogen-bond acceptors (Lipinski definition) is 4. The van der Waals surface area contributed by atoms with Gasteiger partial charge >= 0.3 is 0 Å². The van der Waals surface area contributed by atoms with Gasteiger partial charge < -0.3 is 20.4 Å². The van der Waals surface area contributed by atoms with Gasteiger partial charge in [-0.25, -0.2) is 0 Å². The van der Waals surface area contributed by atoms with E-state index >= 15 is 0 Å². The van der Waals surface area contributed by atoms with Crippen LogP contribution in [0.1, 0.15) is 18.9 Å². The second-order valence-corrected chi connectivity index (χ2v) is 3.77. The lowest BCUT2D eigenvalue weighted by molar-refractivity contribution is 0.0573. The Labute approximate surface area is 101 Å². The summed E-state index contributed by atoms with van der Waals surface area (Å²) >= 11 is 0. The number of methoxy groups -OCH3 is 1. The van der Waals surface area contributed by atoms with Crippen LogP contribution in [0.2, 0.25) is 0 Å². The molecule has 1 rings (SSSR count). The Kier molecular flexibility index (Phi) is 5.29. The van der Waals surface area contributed by atoms with Gasteiger partial charge in [-0.05, 0) is 24.6 Å². The minimum absolute atomic E-state index is 0.0898. The van der Waals surface area contributed by atoms with E-state index in [9.17, 15) is 0 Å². The highest BCUT2D eigenvalue weighted by Crippen LogP contribution is 2.13. The van der Waals surface area contributed by atoms with Gasteiger partial charge in [-0.15, -0.1) is 0 Å². The number of benzene rings is 1. The Morgan fingerprint density at radius 2 is 2.06 bits per heavy atom. The summed E-state index contributed by atoms with van der Waals surface area (Å²) in [4.78, 5) is 0. The van der Waals surface area contributed by atoms with Crippen molar-refractivity contribution in [2.75, 3.05) is 7.11 Å². The number of ether oxygens (including phenoxy) is 2. The predicted molar refractivity (Wildman–Crippen MR) is 65.3 cm³/mol. The molecular weight excluding hydrogens is 220 g/mol. The Bertz CT molecular complexity index is 363. The van der Waals surface area contributed by atoms with Crippen LogP contribution in [0.15, 0.2) is 29.4 Å². The minimum atomic E-state index is -0.0898. The van der Waals surface area contributed by atoms with Crippen molar-refractivity contribution >= 4 is 5.84 Å². The zero-order valence-electron chi connectivity index (χ0n) is 10.1. The standard InChI is InChI=1S/C12H18N2O3/c1-9(7-12(13)14-15)17-8-10-3-5-11(16-2)6-4-10/h3-6,9,15H,7-8H2,1-2H3,(H2,13,14). The number of nitrogens with two attached hydrogens (primary N) is 1. The van der Waals surface area contributed by atoms with E-state index < -0.39 is 0 Å². The molecule has 0 saturated carbocycles. The fraction of sp³-hybridized carbons (Fsp3) is 0.417. The van der Waals surface area contributed by atoms with E-state index in [4.69, 9.17) is 20.4 Å². The van der Waals surface area contributed by atoms with Crippen molar-refractivity contribution in [2.24, 2.45) is 10.9 Å². The smallest absolute Gasteiger partial charge is 0.141 e. The average molecular weight is 238 g/mol. The van der Waals surface area contributed by atoms with Gasteiger partial charge in [0.2, 0.25) is 0 Å². The van der Waals surface area contributed by atoms with Crippen molar-refractivity contribution in [1.29, 1.82) is 0 Å². The van der Waals surface area contributed by atoms with Crippen molar-refractivity contribution in [3.63, 3.8) is 0 Å². The van der Waals surface area contributed by atoms with Crippen molar-refractivity contribution in [2.45, 2.75) is 26.1 Å². The molecule has 0 radical (unpaired) electrons. The van der Waals surface area contributed by atoms with Crippen molar-refractivity contribution in [3.05, 3.63) is 29.8 Å². The number of hydrogen-bond donors (Lipinski definition) is 2. The molecule has 0 aliphatic heterocycles. The first-order valence-electron chi connectivity index (χ1n) is 5.36. The molecule has 0 bridgehead atoms. The van der Waals surface area contributed by atoms with Crippen LogP contribution >= 0.6 is 0 Å². The van der Waals surface area contributed by atoms with Crippen LogP contribution in [-0.4, -0.2) is 24.3 Å². The topological polar surface area (TPSA) is 77.1 Å². The summed E-state index contributed by atoms with van der Waals surface area (Å²) in [6, 6.07) is 7.64. The maximum Gasteiger partial charge on any atom is 0.141 e. The van der Waals surface area contributed by atoms with Gasteiger partial charge in [-0.3, -0.25) is 0 Å². The molecule has 5 heteroatoms. The Morgan fingerprint density at radius 3 is 2.59 bits per heavy atom. The largest absolute Gasteiger partial charge is 0.497 e. The van der Waals surface area contributed by atoms with Gasteiger partial charge in [-0.1, -0.05) is 17.3 Å². The Hall–Kier alpha value is -1.75. The third kappa shape index (κ3) is 4.74. The number of oxime groups is 1. The van der Waals surface area contributed by atoms with E-state index in [1.165, 1.54) is 0 Å². The van der Waals surface area contributed by atoms with Crippen molar-refractivity contribution in [1.82, 2.24) is 0 Å². The lowest BCUT2D eigenvalue weighted by Gasteiger charge is -2.12. The summed E-state index contributed by atoms with van der Waals surface area (Å²) in [7, 11) is 1.63. The normalized spacial score (nSPS) is 13.4. The summed E-state index contributed by atoms with van der Waals surface area (Å²) < 4.78 is 10.6. The molecule has 5 nitrogen and oxygen atoms in total. The first kappa shape index (κ1) is 13.3. The van der Waals surface area contributed by atoms with Crippen LogP contribution < -0.4 is 10.5 Å². The fourth-order valence-electron chi connectivity index (χ4n) is 1.35. The number of nitrogens with zero attached hydrogens (tertiary/aromatic N) is 1. The second-order valence-electron chi connectivity index (χ2n) is 3.77. The van der Waals surface area contributed by atoms with Gasteiger partial charge in [0.05, 0.1) is 19.8 Å². The molecule has 0 aromatic heterocycles. The lowest BCUT2D eigenvalue weighted by atomic mass is 10.2. The molecule has 0 heterocycles. The minimum Gasteiger partial charge on any atom is -0.497 e. The summed E-state index contributed by atoms with van der Waals surface area (Å²) in [5.74, 6) is 0.991. The quantitative estimate of drug-likeness (QED) is 0.342. The molecule has 1 unspecified atom stereocenters. The zero-order valence-corrected chi connectivity index (χ0v) is 10.1. The van der Waals surface area contributed by atoms with Crippen LogP contribution in [0.25, 0.3) is 0 Å². The molecule has 0 saturated heterocycles. The Balaban J connectivity index is 2.39. The van der Waals surface area contributed by atoms with Crippen LogP contribution in [-0.2, 0) is 11.3 Å². The molecule has 1 aromatic carbocycles. The molecule has 0 amide bonds. The highest BCUT2D eigenvalue weighted by Gasteiger charge is 2.05. The molecule has 3 N–H and O–H groups in total. The summed E-state index contributed by atoms with van der Waals surface area (Å²) in [5.41, 5.74) is 6.44. The SMILES string of the molecule is COc1ccc(COC(C)CC(N)=NO)cc1. The van der Waals surface area contributed by atoms with Crippen molar-refractivity contribution < 1.29 is 14.7 Å². The molecule has 0 spiro atoms. The summed E-state index contributed by atoms with van der Waals surface area (Å²) in [6.45, 7) is 2.37. The average Bonchev–Trinajstić information content (AvgIpc) is 2.36. The number of amidine groups is 1. The van der Waals surface area contributed by atoms with E-state index in [1.807, 2.05) is 31.2 Å². The third-order valence-corrected chi connectivity index (χ3v) is 2.32. The summed E-state index contributed by atoms with van der Waals surface area (Å²) in [5, 5.41) is 11.3. The molecular formula is C12H18N2O3. The third-order valence-electron chi connectivity index (χ3n) is 2.32. The molecule has 1 atom stereocenters. The highest BCUT2D eigenvalue weighted by atomic mass is 16.5. The molecule has 1 aromatic rings. The van der Waals surface area contributed by atoms with E-state index in [1.54, 1.807) is 7.11 Å². The van der Waals surface area contributed by atoms with Crippen LogP contribution in [0.4, 0.5) is 0 Å². The van der Waals surface area contributed by atoms with E-state index in [0.717, 1.165) is 11.3 Å². The van der Waals surface area contributed by atoms with Gasteiger partial charge in [-0.2, -0.15) is 0 Å². The van der Waals surface area contributed by atoms with E-state index in [2.05, 4.69) is 5.16 Å². The van der Waals surface area contributed by atoms with E-state index in [-0.39, 0.29) is 11.9 Å². The van der Waals surface area contributed by atoms with Crippen LogP contribution in [0, 0.1) is 0 Å². The maximum absolute atomic E-state index is 8.42. The van der Waals surface area contributed by atoms with E-state index in [0.29, 0.717) is 13.0 Å². The van der Waals surface area contributed by atoms with Gasteiger partial charge in [0.15, 0.2) is 0 Å². The zero-order chi connectivity index (χ0) is 12.7. The predicted octanol–water partition coefficient (Wildman–Crippen LogP) is 1.74. The van der Waals surface area contributed by atoms with Crippen molar-refractivity contribution in [3.8, 4) is 5.75 Å². The van der Waals surface area contributed by atoms with Crippen LogP contribution in [0.5, 0.6) is 5.75 Å². The van der Waals surface area contributed by atoms with Gasteiger partial charge in [0, 0.05) is 6.42 Å². The molecule has 17 heavy (non-hydrogen) atoms. The maximum atomic E-state index is 8.42. The highest BCUT2D eigenvalue weighted by molar-refractivity contribution is 5.79. The molecule has 0 fully saturated rings. The summed E-state index contributed by atoms with van der Waals surface area (Å²) in [6.07, 6.45) is 0.320.